The van der Waals surface area contributed by atoms with Gasteiger partial charge in [0, 0.05) is 7.11 Å². The highest BCUT2D eigenvalue weighted by Crippen LogP contribution is 2.21. The molecule has 98 valence electrons. The van der Waals surface area contributed by atoms with Crippen LogP contribution in [0.25, 0.3) is 6.08 Å². The van der Waals surface area contributed by atoms with Gasteiger partial charge < -0.3 is 9.84 Å². The molecule has 0 bridgehead atoms. The van der Waals surface area contributed by atoms with Crippen LogP contribution in [0.1, 0.15) is 17.2 Å². The van der Waals surface area contributed by atoms with Crippen molar-refractivity contribution in [3.05, 3.63) is 77.9 Å². The van der Waals surface area contributed by atoms with Crippen molar-refractivity contribution in [3.8, 4) is 0 Å². The summed E-state index contributed by atoms with van der Waals surface area (Å²) in [5.74, 6) is 0. The highest BCUT2D eigenvalue weighted by Gasteiger charge is 2.17. The van der Waals surface area contributed by atoms with Gasteiger partial charge in [-0.3, -0.25) is 0 Å². The first-order valence-corrected chi connectivity index (χ1v) is 6.30. The highest BCUT2D eigenvalue weighted by atomic mass is 16.5. The number of ether oxygens (including phenoxy) is 1. The molecule has 0 saturated heterocycles. The molecule has 2 aromatic rings. The van der Waals surface area contributed by atoms with Crippen LogP contribution < -0.4 is 0 Å². The summed E-state index contributed by atoms with van der Waals surface area (Å²) in [5.41, 5.74) is 2.03. The predicted molar refractivity (Wildman–Crippen MR) is 77.7 cm³/mol. The Morgan fingerprint density at radius 2 is 1.53 bits per heavy atom. The minimum absolute atomic E-state index is 0.346. The lowest BCUT2D eigenvalue weighted by atomic mass is 10.0. The predicted octanol–water partition coefficient (Wildman–Crippen LogP) is 3.45. The molecule has 2 aromatic carbocycles. The number of aliphatic hydroxyl groups is 1. The zero-order chi connectivity index (χ0) is 13.5. The van der Waals surface area contributed by atoms with Gasteiger partial charge >= 0.3 is 0 Å². The molecule has 19 heavy (non-hydrogen) atoms. The first kappa shape index (κ1) is 13.5. The number of aliphatic hydroxyl groups excluding tert-OH is 1. The highest BCUT2D eigenvalue weighted by molar-refractivity contribution is 5.49. The van der Waals surface area contributed by atoms with E-state index in [4.69, 9.17) is 4.74 Å². The van der Waals surface area contributed by atoms with E-state index in [1.165, 1.54) is 0 Å². The van der Waals surface area contributed by atoms with Crippen LogP contribution >= 0.6 is 0 Å². The van der Waals surface area contributed by atoms with E-state index in [-0.39, 0.29) is 6.10 Å². The summed E-state index contributed by atoms with van der Waals surface area (Å²) in [6.45, 7) is 0. The summed E-state index contributed by atoms with van der Waals surface area (Å²) in [5, 5.41) is 10.2. The fourth-order valence-corrected chi connectivity index (χ4v) is 1.99. The van der Waals surface area contributed by atoms with Crippen molar-refractivity contribution in [2.75, 3.05) is 7.11 Å². The van der Waals surface area contributed by atoms with Crippen LogP contribution in [-0.4, -0.2) is 18.3 Å². The normalized spacial score (nSPS) is 14.4. The fourth-order valence-electron chi connectivity index (χ4n) is 1.99. The zero-order valence-corrected chi connectivity index (χ0v) is 10.9. The van der Waals surface area contributed by atoms with Gasteiger partial charge in [-0.15, -0.1) is 0 Å². The van der Waals surface area contributed by atoms with Crippen molar-refractivity contribution in [1.29, 1.82) is 0 Å². The summed E-state index contributed by atoms with van der Waals surface area (Å²) >= 11 is 0. The summed E-state index contributed by atoms with van der Waals surface area (Å²) in [7, 11) is 1.61. The Morgan fingerprint density at radius 3 is 2.11 bits per heavy atom. The molecule has 0 radical (unpaired) electrons. The van der Waals surface area contributed by atoms with Crippen molar-refractivity contribution in [3.63, 3.8) is 0 Å². The Labute approximate surface area is 114 Å². The van der Waals surface area contributed by atoms with Crippen molar-refractivity contribution in [2.24, 2.45) is 0 Å². The Morgan fingerprint density at radius 1 is 0.947 bits per heavy atom. The number of rotatable bonds is 5. The van der Waals surface area contributed by atoms with Gasteiger partial charge in [0.1, 0.15) is 12.2 Å². The standard InChI is InChI=1S/C17H18O2/c1-19-17(15-10-6-3-7-11-15)16(18)13-12-14-8-4-2-5-9-14/h2-13,16-18H,1H3/b13-12+/t16-,17-/m1/s1. The van der Waals surface area contributed by atoms with Gasteiger partial charge in [0.25, 0.3) is 0 Å². The third-order valence-electron chi connectivity index (χ3n) is 2.98. The van der Waals surface area contributed by atoms with E-state index >= 15 is 0 Å². The maximum absolute atomic E-state index is 10.2. The molecule has 0 aliphatic heterocycles. The van der Waals surface area contributed by atoms with Gasteiger partial charge in [-0.2, -0.15) is 0 Å². The van der Waals surface area contributed by atoms with Gasteiger partial charge in [-0.1, -0.05) is 72.8 Å². The third kappa shape index (κ3) is 3.78. The second-order valence-electron chi connectivity index (χ2n) is 4.33. The molecule has 2 heteroatoms. The largest absolute Gasteiger partial charge is 0.386 e. The van der Waals surface area contributed by atoms with Gasteiger partial charge in [-0.05, 0) is 11.1 Å². The molecule has 2 atom stereocenters. The number of hydrogen-bond acceptors (Lipinski definition) is 2. The summed E-state index contributed by atoms with van der Waals surface area (Å²) in [6, 6.07) is 19.6. The lowest BCUT2D eigenvalue weighted by Crippen LogP contribution is -2.17. The molecule has 0 unspecified atom stereocenters. The molecule has 0 aliphatic carbocycles. The molecule has 0 saturated carbocycles. The first-order chi connectivity index (χ1) is 9.31. The Balaban J connectivity index is 2.10. The Hall–Kier alpha value is -1.90. The van der Waals surface area contributed by atoms with E-state index in [2.05, 4.69) is 0 Å². The molecule has 0 spiro atoms. The molecule has 0 fully saturated rings. The lowest BCUT2D eigenvalue weighted by Gasteiger charge is -2.19. The van der Waals surface area contributed by atoms with Crippen LogP contribution in [0.15, 0.2) is 66.7 Å². The fraction of sp³-hybridized carbons (Fsp3) is 0.176. The van der Waals surface area contributed by atoms with Crippen LogP contribution in [0, 0.1) is 0 Å². The van der Waals surface area contributed by atoms with Gasteiger partial charge in [0.2, 0.25) is 0 Å². The van der Waals surface area contributed by atoms with E-state index in [1.807, 2.05) is 66.7 Å². The second kappa shape index (κ2) is 6.88. The average molecular weight is 254 g/mol. The topological polar surface area (TPSA) is 29.5 Å². The van der Waals surface area contributed by atoms with Crippen LogP contribution in [0.4, 0.5) is 0 Å². The van der Waals surface area contributed by atoms with Crippen molar-refractivity contribution < 1.29 is 9.84 Å². The lowest BCUT2D eigenvalue weighted by molar-refractivity contribution is 0.0112. The van der Waals surface area contributed by atoms with Crippen LogP contribution in [0.3, 0.4) is 0 Å². The Kier molecular flexibility index (Phi) is 4.90. The molecule has 0 amide bonds. The van der Waals surface area contributed by atoms with E-state index in [9.17, 15) is 5.11 Å². The molecular formula is C17H18O2. The van der Waals surface area contributed by atoms with Crippen molar-refractivity contribution in [1.82, 2.24) is 0 Å². The van der Waals surface area contributed by atoms with E-state index in [0.717, 1.165) is 11.1 Å². The third-order valence-corrected chi connectivity index (χ3v) is 2.98. The van der Waals surface area contributed by atoms with E-state index < -0.39 is 6.10 Å². The molecule has 2 nitrogen and oxygen atoms in total. The maximum atomic E-state index is 10.2. The maximum Gasteiger partial charge on any atom is 0.112 e. The van der Waals surface area contributed by atoms with Gasteiger partial charge in [0.15, 0.2) is 0 Å². The van der Waals surface area contributed by atoms with E-state index in [1.54, 1.807) is 13.2 Å². The van der Waals surface area contributed by atoms with Crippen LogP contribution in [0.5, 0.6) is 0 Å². The second-order valence-corrected chi connectivity index (χ2v) is 4.33. The molecule has 0 aromatic heterocycles. The SMILES string of the molecule is CO[C@H](c1ccccc1)[C@H](O)/C=C/c1ccccc1. The first-order valence-electron chi connectivity index (χ1n) is 6.30. The van der Waals surface area contributed by atoms with E-state index in [0.29, 0.717) is 0 Å². The monoisotopic (exact) mass is 254 g/mol. The summed E-state index contributed by atoms with van der Waals surface area (Å²) < 4.78 is 5.39. The molecular weight excluding hydrogens is 236 g/mol. The summed E-state index contributed by atoms with van der Waals surface area (Å²) in [4.78, 5) is 0. The zero-order valence-electron chi connectivity index (χ0n) is 10.9. The quantitative estimate of drug-likeness (QED) is 0.885. The summed E-state index contributed by atoms with van der Waals surface area (Å²) in [6.07, 6.45) is 2.64. The smallest absolute Gasteiger partial charge is 0.112 e. The Bertz CT molecular complexity index is 505. The van der Waals surface area contributed by atoms with Crippen LogP contribution in [-0.2, 0) is 4.74 Å². The minimum atomic E-state index is -0.674. The molecule has 1 N–H and O–H groups in total. The number of hydrogen-bond donors (Lipinski definition) is 1. The molecule has 0 aliphatic rings. The molecule has 0 heterocycles. The van der Waals surface area contributed by atoms with Gasteiger partial charge in [0.05, 0.1) is 0 Å². The molecule has 2 rings (SSSR count). The van der Waals surface area contributed by atoms with Crippen molar-refractivity contribution >= 4 is 6.08 Å². The average Bonchev–Trinajstić information content (AvgIpc) is 2.48. The minimum Gasteiger partial charge on any atom is -0.386 e. The number of benzene rings is 2. The number of methoxy groups -OCH3 is 1. The van der Waals surface area contributed by atoms with Crippen molar-refractivity contribution in [2.45, 2.75) is 12.2 Å². The van der Waals surface area contributed by atoms with Crippen LogP contribution in [0.2, 0.25) is 0 Å². The van der Waals surface area contributed by atoms with Gasteiger partial charge in [-0.25, -0.2) is 0 Å².